The first-order valence-electron chi connectivity index (χ1n) is 5.82. The maximum Gasteiger partial charge on any atom is 0.407 e. The highest BCUT2D eigenvalue weighted by molar-refractivity contribution is 5.20. The molecule has 0 saturated heterocycles. The van der Waals surface area contributed by atoms with Crippen molar-refractivity contribution in [3.05, 3.63) is 66.0 Å². The molecule has 0 amide bonds. The maximum atomic E-state index is 13.0. The monoisotopic (exact) mass is 266 g/mol. The molecule has 0 spiro atoms. The van der Waals surface area contributed by atoms with Gasteiger partial charge in [-0.05, 0) is 17.7 Å². The zero-order valence-electron chi connectivity index (χ0n) is 10.1. The van der Waals surface area contributed by atoms with E-state index in [4.69, 9.17) is 0 Å². The minimum Gasteiger partial charge on any atom is -0.297 e. The lowest BCUT2D eigenvalue weighted by Gasteiger charge is -2.22. The Bertz CT molecular complexity index is 497. The molecule has 1 aromatic carbocycles. The molecule has 5 heteroatoms. The van der Waals surface area contributed by atoms with Crippen LogP contribution in [0.25, 0.3) is 0 Å². The number of hydrogen-bond acceptors (Lipinski definition) is 2. The summed E-state index contributed by atoms with van der Waals surface area (Å²) in [6.45, 7) is 0.0694. The summed E-state index contributed by atoms with van der Waals surface area (Å²) in [6.07, 6.45) is -2.78. The minimum atomic E-state index is -4.34. The van der Waals surface area contributed by atoms with Crippen molar-refractivity contribution in [2.75, 3.05) is 0 Å². The highest BCUT2D eigenvalue weighted by Crippen LogP contribution is 2.32. The van der Waals surface area contributed by atoms with Crippen LogP contribution in [-0.4, -0.2) is 11.2 Å². The van der Waals surface area contributed by atoms with Crippen LogP contribution in [-0.2, 0) is 6.54 Å². The quantitative estimate of drug-likeness (QED) is 0.916. The molecule has 1 atom stereocenters. The minimum absolute atomic E-state index is 0.0694. The Morgan fingerprint density at radius 2 is 1.68 bits per heavy atom. The first-order valence-corrected chi connectivity index (χ1v) is 5.82. The third-order valence-electron chi connectivity index (χ3n) is 2.67. The molecule has 2 nitrogen and oxygen atoms in total. The van der Waals surface area contributed by atoms with Crippen LogP contribution < -0.4 is 5.32 Å². The van der Waals surface area contributed by atoms with Gasteiger partial charge < -0.3 is 0 Å². The van der Waals surface area contributed by atoms with Gasteiger partial charge in [-0.15, -0.1) is 0 Å². The summed E-state index contributed by atoms with van der Waals surface area (Å²) in [7, 11) is 0. The zero-order chi connectivity index (χ0) is 13.7. The molecule has 0 bridgehead atoms. The van der Waals surface area contributed by atoms with Crippen molar-refractivity contribution in [3.63, 3.8) is 0 Å². The molecule has 19 heavy (non-hydrogen) atoms. The molecule has 100 valence electrons. The molecule has 1 unspecified atom stereocenters. The molecule has 1 aromatic heterocycles. The molecule has 0 saturated carbocycles. The van der Waals surface area contributed by atoms with Gasteiger partial charge in [0.15, 0.2) is 0 Å². The third-order valence-corrected chi connectivity index (χ3v) is 2.67. The van der Waals surface area contributed by atoms with Crippen molar-refractivity contribution in [1.29, 1.82) is 0 Å². The third kappa shape index (κ3) is 3.79. The molecule has 0 aliphatic heterocycles. The number of pyridine rings is 1. The second kappa shape index (κ2) is 5.84. The molecular weight excluding hydrogens is 253 g/mol. The second-order valence-electron chi connectivity index (χ2n) is 4.09. The van der Waals surface area contributed by atoms with Gasteiger partial charge in [0.1, 0.15) is 6.04 Å². The van der Waals surface area contributed by atoms with Crippen molar-refractivity contribution < 1.29 is 13.2 Å². The Hall–Kier alpha value is -1.88. The van der Waals surface area contributed by atoms with Gasteiger partial charge in [0.05, 0.1) is 5.69 Å². The molecule has 2 aromatic rings. The van der Waals surface area contributed by atoms with Gasteiger partial charge in [-0.25, -0.2) is 0 Å². The number of aromatic nitrogens is 1. The standard InChI is InChI=1S/C14H13F3N2/c15-14(16,17)13(11-6-2-1-3-7-11)19-10-12-8-4-5-9-18-12/h1-9,13,19H,10H2. The number of rotatable bonds is 4. The van der Waals surface area contributed by atoms with Crippen LogP contribution in [0.15, 0.2) is 54.7 Å². The normalized spacial score (nSPS) is 13.2. The van der Waals surface area contributed by atoms with Gasteiger partial charge in [0.2, 0.25) is 0 Å². The van der Waals surface area contributed by atoms with Gasteiger partial charge in [0, 0.05) is 12.7 Å². The average Bonchev–Trinajstić information content (AvgIpc) is 2.40. The molecule has 0 aliphatic carbocycles. The lowest BCUT2D eigenvalue weighted by Crippen LogP contribution is -2.34. The van der Waals surface area contributed by atoms with Gasteiger partial charge in [-0.1, -0.05) is 36.4 Å². The van der Waals surface area contributed by atoms with E-state index in [9.17, 15) is 13.2 Å². The number of hydrogen-bond donors (Lipinski definition) is 1. The topological polar surface area (TPSA) is 24.9 Å². The summed E-state index contributed by atoms with van der Waals surface area (Å²) in [5.41, 5.74) is 0.776. The van der Waals surface area contributed by atoms with Crippen molar-refractivity contribution >= 4 is 0 Å². The molecule has 0 radical (unpaired) electrons. The molecular formula is C14H13F3N2. The summed E-state index contributed by atoms with van der Waals surface area (Å²) in [5, 5.41) is 2.50. The Balaban J connectivity index is 2.12. The van der Waals surface area contributed by atoms with E-state index in [1.807, 2.05) is 0 Å². The van der Waals surface area contributed by atoms with E-state index in [0.717, 1.165) is 0 Å². The number of benzene rings is 1. The maximum absolute atomic E-state index is 13.0. The van der Waals surface area contributed by atoms with Crippen LogP contribution in [0.1, 0.15) is 17.3 Å². The van der Waals surface area contributed by atoms with E-state index in [1.165, 1.54) is 12.1 Å². The van der Waals surface area contributed by atoms with Crippen LogP contribution in [0.2, 0.25) is 0 Å². The zero-order valence-corrected chi connectivity index (χ0v) is 10.1. The van der Waals surface area contributed by atoms with Crippen molar-refractivity contribution in [2.24, 2.45) is 0 Å². The van der Waals surface area contributed by atoms with E-state index < -0.39 is 12.2 Å². The van der Waals surface area contributed by atoms with Crippen LogP contribution in [0.5, 0.6) is 0 Å². The Morgan fingerprint density at radius 1 is 1.00 bits per heavy atom. The van der Waals surface area contributed by atoms with E-state index in [2.05, 4.69) is 10.3 Å². The van der Waals surface area contributed by atoms with Crippen molar-refractivity contribution in [1.82, 2.24) is 10.3 Å². The summed E-state index contributed by atoms with van der Waals surface area (Å²) in [5.74, 6) is 0. The Morgan fingerprint density at radius 3 is 2.26 bits per heavy atom. The number of nitrogens with zero attached hydrogens (tertiary/aromatic N) is 1. The Labute approximate surface area is 109 Å². The highest BCUT2D eigenvalue weighted by atomic mass is 19.4. The largest absolute Gasteiger partial charge is 0.407 e. The fraction of sp³-hybridized carbons (Fsp3) is 0.214. The number of nitrogens with one attached hydrogen (secondary N) is 1. The molecule has 1 heterocycles. The van der Waals surface area contributed by atoms with Crippen molar-refractivity contribution in [3.8, 4) is 0 Å². The lowest BCUT2D eigenvalue weighted by atomic mass is 10.1. The summed E-state index contributed by atoms with van der Waals surface area (Å²) < 4.78 is 39.1. The fourth-order valence-corrected chi connectivity index (χ4v) is 1.78. The predicted molar refractivity (Wildman–Crippen MR) is 66.3 cm³/mol. The van der Waals surface area contributed by atoms with E-state index in [0.29, 0.717) is 5.69 Å². The van der Waals surface area contributed by atoms with Gasteiger partial charge in [0.25, 0.3) is 0 Å². The fourth-order valence-electron chi connectivity index (χ4n) is 1.78. The van der Waals surface area contributed by atoms with Crippen LogP contribution in [0, 0.1) is 0 Å². The smallest absolute Gasteiger partial charge is 0.297 e. The van der Waals surface area contributed by atoms with Gasteiger partial charge in [-0.2, -0.15) is 13.2 Å². The SMILES string of the molecule is FC(F)(F)C(NCc1ccccn1)c1ccccc1. The Kier molecular flexibility index (Phi) is 4.16. The number of halogens is 3. The van der Waals surface area contributed by atoms with Gasteiger partial charge in [-0.3, -0.25) is 10.3 Å². The van der Waals surface area contributed by atoms with Crippen LogP contribution in [0.3, 0.4) is 0 Å². The summed E-state index contributed by atoms with van der Waals surface area (Å²) in [4.78, 5) is 4.00. The van der Waals surface area contributed by atoms with Crippen LogP contribution in [0.4, 0.5) is 13.2 Å². The molecule has 1 N–H and O–H groups in total. The second-order valence-corrected chi connectivity index (χ2v) is 4.09. The number of alkyl halides is 3. The molecule has 2 rings (SSSR count). The first kappa shape index (κ1) is 13.5. The molecule has 0 fully saturated rings. The lowest BCUT2D eigenvalue weighted by molar-refractivity contribution is -0.158. The molecule has 0 aliphatic rings. The van der Waals surface area contributed by atoms with Crippen molar-refractivity contribution in [2.45, 2.75) is 18.8 Å². The first-order chi connectivity index (χ1) is 9.07. The van der Waals surface area contributed by atoms with E-state index in [1.54, 1.807) is 42.6 Å². The van der Waals surface area contributed by atoms with Crippen LogP contribution >= 0.6 is 0 Å². The summed E-state index contributed by atoms with van der Waals surface area (Å²) in [6, 6.07) is 11.3. The average molecular weight is 266 g/mol. The van der Waals surface area contributed by atoms with Gasteiger partial charge >= 0.3 is 6.18 Å². The van der Waals surface area contributed by atoms with E-state index >= 15 is 0 Å². The predicted octanol–water partition coefficient (Wildman–Crippen LogP) is 3.47. The van der Waals surface area contributed by atoms with E-state index in [-0.39, 0.29) is 12.1 Å². The highest BCUT2D eigenvalue weighted by Gasteiger charge is 2.40. The summed E-state index contributed by atoms with van der Waals surface area (Å²) >= 11 is 0.